The van der Waals surface area contributed by atoms with Crippen molar-refractivity contribution in [2.24, 2.45) is 4.99 Å². The van der Waals surface area contributed by atoms with Gasteiger partial charge in [0.15, 0.2) is 5.17 Å². The van der Waals surface area contributed by atoms with Gasteiger partial charge in [-0.25, -0.2) is 4.98 Å². The van der Waals surface area contributed by atoms with Crippen LogP contribution >= 0.6 is 23.1 Å². The quantitative estimate of drug-likeness (QED) is 0.441. The van der Waals surface area contributed by atoms with Gasteiger partial charge in [-0.3, -0.25) is 9.69 Å². The number of aliphatic imine (C=N–C) groups is 1. The molecule has 2 aromatic carbocycles. The zero-order chi connectivity index (χ0) is 20.5. The highest BCUT2D eigenvalue weighted by atomic mass is 32.2. The lowest BCUT2D eigenvalue weighted by atomic mass is 9.94. The zero-order valence-electron chi connectivity index (χ0n) is 16.9. The molecule has 2 aliphatic rings. The van der Waals surface area contributed by atoms with Gasteiger partial charge in [0.25, 0.3) is 5.91 Å². The van der Waals surface area contributed by atoms with E-state index in [4.69, 9.17) is 4.99 Å². The number of fused-ring (bicyclic) bond motifs is 1. The van der Waals surface area contributed by atoms with Crippen LogP contribution in [0.1, 0.15) is 43.4 Å². The van der Waals surface area contributed by atoms with Crippen LogP contribution in [0.15, 0.2) is 57.7 Å². The summed E-state index contributed by atoms with van der Waals surface area (Å²) in [5.41, 5.74) is 2.03. The first-order chi connectivity index (χ1) is 14.7. The number of carbonyl (C=O) groups is 1. The van der Waals surface area contributed by atoms with Crippen molar-refractivity contribution in [3.63, 3.8) is 0 Å². The number of thiazole rings is 1. The van der Waals surface area contributed by atoms with Gasteiger partial charge in [0.1, 0.15) is 0 Å². The summed E-state index contributed by atoms with van der Waals surface area (Å²) in [4.78, 5) is 25.5. The van der Waals surface area contributed by atoms with E-state index in [1.165, 1.54) is 47.7 Å². The van der Waals surface area contributed by atoms with E-state index in [0.717, 1.165) is 44.7 Å². The van der Waals surface area contributed by atoms with E-state index in [2.05, 4.69) is 29.2 Å². The van der Waals surface area contributed by atoms with Crippen molar-refractivity contribution < 1.29 is 4.79 Å². The van der Waals surface area contributed by atoms with E-state index >= 15 is 0 Å². The molecule has 2 fully saturated rings. The van der Waals surface area contributed by atoms with Crippen LogP contribution in [0.5, 0.6) is 0 Å². The van der Waals surface area contributed by atoms with Gasteiger partial charge in [0.2, 0.25) is 5.13 Å². The molecular formula is C24H23N3OS2. The molecule has 0 atom stereocenters. The molecule has 1 saturated carbocycles. The average Bonchev–Trinajstić information content (AvgIpc) is 3.31. The van der Waals surface area contributed by atoms with Crippen LogP contribution in [0.3, 0.4) is 0 Å². The molecule has 6 heteroatoms. The number of benzene rings is 2. The maximum absolute atomic E-state index is 13.5. The van der Waals surface area contributed by atoms with Gasteiger partial charge >= 0.3 is 0 Å². The molecule has 2 heterocycles. The predicted molar refractivity (Wildman–Crippen MR) is 127 cm³/mol. The number of aromatic nitrogens is 1. The standard InChI is InChI=1S/C24H23N3OS2/c1-16-15-29-23(25-16)26-24-27(19-11-3-2-4-12-19)22(28)21(30-24)14-18-10-7-9-17-8-5-6-13-20(17)18/h5-10,13-15,19H,2-4,11-12H2,1H3/b21-14-,26-24+. The maximum Gasteiger partial charge on any atom is 0.267 e. The molecular weight excluding hydrogens is 410 g/mol. The van der Waals surface area contributed by atoms with Crippen LogP contribution < -0.4 is 0 Å². The van der Waals surface area contributed by atoms with Crippen molar-refractivity contribution in [1.29, 1.82) is 0 Å². The highest BCUT2D eigenvalue weighted by molar-refractivity contribution is 8.18. The summed E-state index contributed by atoms with van der Waals surface area (Å²) in [7, 11) is 0. The Morgan fingerprint density at radius 1 is 1.10 bits per heavy atom. The Bertz CT molecular complexity index is 1150. The fourth-order valence-electron chi connectivity index (χ4n) is 4.22. The highest BCUT2D eigenvalue weighted by Gasteiger charge is 2.38. The fourth-order valence-corrected chi connectivity index (χ4v) is 5.97. The number of carbonyl (C=O) groups excluding carboxylic acids is 1. The number of hydrogen-bond acceptors (Lipinski definition) is 5. The minimum Gasteiger partial charge on any atom is -0.283 e. The number of rotatable bonds is 3. The molecule has 0 unspecified atom stereocenters. The first kappa shape index (κ1) is 19.5. The van der Waals surface area contributed by atoms with Crippen molar-refractivity contribution in [2.75, 3.05) is 0 Å². The molecule has 0 N–H and O–H groups in total. The molecule has 0 bridgehead atoms. The third kappa shape index (κ3) is 3.82. The summed E-state index contributed by atoms with van der Waals surface area (Å²) in [6.45, 7) is 1.97. The monoisotopic (exact) mass is 433 g/mol. The van der Waals surface area contributed by atoms with Crippen LogP contribution in [0.2, 0.25) is 0 Å². The van der Waals surface area contributed by atoms with E-state index in [9.17, 15) is 4.79 Å². The molecule has 1 aromatic heterocycles. The Balaban J connectivity index is 1.55. The zero-order valence-corrected chi connectivity index (χ0v) is 18.5. The second-order valence-electron chi connectivity index (χ2n) is 7.81. The number of thioether (sulfide) groups is 1. The van der Waals surface area contributed by atoms with E-state index in [1.807, 2.05) is 41.5 Å². The van der Waals surface area contributed by atoms with Crippen LogP contribution in [-0.2, 0) is 4.79 Å². The summed E-state index contributed by atoms with van der Waals surface area (Å²) >= 11 is 3.01. The Kier molecular flexibility index (Phi) is 5.44. The lowest BCUT2D eigenvalue weighted by Gasteiger charge is -2.30. The number of hydrogen-bond donors (Lipinski definition) is 0. The van der Waals surface area contributed by atoms with Crippen LogP contribution in [0, 0.1) is 6.92 Å². The lowest BCUT2D eigenvalue weighted by Crippen LogP contribution is -2.40. The third-order valence-electron chi connectivity index (χ3n) is 5.68. The number of amides is 1. The smallest absolute Gasteiger partial charge is 0.267 e. The van der Waals surface area contributed by atoms with Crippen LogP contribution in [0.25, 0.3) is 16.8 Å². The lowest BCUT2D eigenvalue weighted by molar-refractivity contribution is -0.124. The molecule has 0 radical (unpaired) electrons. The minimum absolute atomic E-state index is 0.0758. The summed E-state index contributed by atoms with van der Waals surface area (Å²) < 4.78 is 0. The molecule has 4 nitrogen and oxygen atoms in total. The summed E-state index contributed by atoms with van der Waals surface area (Å²) in [6, 6.07) is 14.8. The minimum atomic E-state index is 0.0758. The largest absolute Gasteiger partial charge is 0.283 e. The highest BCUT2D eigenvalue weighted by Crippen LogP contribution is 2.39. The van der Waals surface area contributed by atoms with Crippen molar-refractivity contribution in [2.45, 2.75) is 45.1 Å². The Hall–Kier alpha value is -2.44. The molecule has 30 heavy (non-hydrogen) atoms. The molecule has 0 spiro atoms. The topological polar surface area (TPSA) is 45.6 Å². The average molecular weight is 434 g/mol. The van der Waals surface area contributed by atoms with Crippen molar-refractivity contribution in [3.8, 4) is 0 Å². The second kappa shape index (κ2) is 8.36. The van der Waals surface area contributed by atoms with Crippen molar-refractivity contribution >= 4 is 56.2 Å². The Morgan fingerprint density at radius 3 is 2.70 bits per heavy atom. The SMILES string of the molecule is Cc1csc(/N=C2/S/C(=C\c3cccc4ccccc34)C(=O)N2C2CCCCC2)n1. The Morgan fingerprint density at radius 2 is 1.90 bits per heavy atom. The summed E-state index contributed by atoms with van der Waals surface area (Å²) in [5, 5.41) is 5.82. The third-order valence-corrected chi connectivity index (χ3v) is 7.52. The van der Waals surface area contributed by atoms with Gasteiger partial charge in [0, 0.05) is 11.4 Å². The van der Waals surface area contributed by atoms with Crippen molar-refractivity contribution in [3.05, 3.63) is 64.0 Å². The van der Waals surface area contributed by atoms with Crippen LogP contribution in [0.4, 0.5) is 5.13 Å². The molecule has 1 saturated heterocycles. The van der Waals surface area contributed by atoms with Gasteiger partial charge in [-0.2, -0.15) is 4.99 Å². The van der Waals surface area contributed by atoms with Gasteiger partial charge < -0.3 is 0 Å². The maximum atomic E-state index is 13.5. The first-order valence-electron chi connectivity index (χ1n) is 10.4. The van der Waals surface area contributed by atoms with Gasteiger partial charge in [-0.15, -0.1) is 11.3 Å². The number of amidine groups is 1. The predicted octanol–water partition coefficient (Wildman–Crippen LogP) is 6.54. The molecule has 3 aromatic rings. The van der Waals surface area contributed by atoms with E-state index in [-0.39, 0.29) is 11.9 Å². The second-order valence-corrected chi connectivity index (χ2v) is 9.66. The Labute approximate surface area is 184 Å². The molecule has 1 amide bonds. The molecule has 5 rings (SSSR count). The molecule has 1 aliphatic heterocycles. The molecule has 152 valence electrons. The van der Waals surface area contributed by atoms with Crippen LogP contribution in [-0.4, -0.2) is 27.0 Å². The summed E-state index contributed by atoms with van der Waals surface area (Å²) in [6.07, 6.45) is 7.72. The van der Waals surface area contributed by atoms with E-state index in [0.29, 0.717) is 0 Å². The summed E-state index contributed by atoms with van der Waals surface area (Å²) in [5.74, 6) is 0.0758. The number of aryl methyl sites for hydroxylation is 1. The molecule has 1 aliphatic carbocycles. The number of nitrogens with zero attached hydrogens (tertiary/aromatic N) is 3. The van der Waals surface area contributed by atoms with E-state index < -0.39 is 0 Å². The van der Waals surface area contributed by atoms with Crippen molar-refractivity contribution in [1.82, 2.24) is 9.88 Å². The first-order valence-corrected chi connectivity index (χ1v) is 12.1. The normalized spacial score (nSPS) is 20.7. The van der Waals surface area contributed by atoms with Gasteiger partial charge in [0.05, 0.1) is 10.6 Å². The van der Waals surface area contributed by atoms with Gasteiger partial charge in [-0.05, 0) is 53.9 Å². The van der Waals surface area contributed by atoms with Gasteiger partial charge in [-0.1, -0.05) is 61.7 Å². The fraction of sp³-hybridized carbons (Fsp3) is 0.292. The van der Waals surface area contributed by atoms with E-state index in [1.54, 1.807) is 0 Å².